The van der Waals surface area contributed by atoms with Crippen LogP contribution in [0.15, 0.2) is 36.7 Å². The predicted octanol–water partition coefficient (Wildman–Crippen LogP) is 2.56. The Balaban J connectivity index is 1.48. The van der Waals surface area contributed by atoms with Crippen LogP contribution in [0.1, 0.15) is 49.5 Å². The number of rotatable bonds is 6. The quantitative estimate of drug-likeness (QED) is 0.822. The maximum Gasteiger partial charge on any atom is 0.221 e. The predicted molar refractivity (Wildman–Crippen MR) is 103 cm³/mol. The summed E-state index contributed by atoms with van der Waals surface area (Å²) in [6, 6.07) is 8.76. The fraction of sp³-hybridized carbons (Fsp3) is 0.524. The molecule has 27 heavy (non-hydrogen) atoms. The van der Waals surface area contributed by atoms with Crippen molar-refractivity contribution in [3.05, 3.63) is 48.0 Å². The van der Waals surface area contributed by atoms with Crippen molar-refractivity contribution in [3.8, 4) is 5.75 Å². The fourth-order valence-electron chi connectivity index (χ4n) is 4.57. The standard InChI is InChI=1S/C21H28N4O2/c1-25-10-9-22-21(25)20(15-3-7-18(27-2)8-4-15)24-19(26)13-14-11-16-5-6-17(12-14)23-16/h3-4,7-10,14,16-17,20,23H,5-6,11-13H2,1-2H3,(H,24,26). The number of nitrogens with zero attached hydrogens (tertiary/aromatic N) is 2. The minimum absolute atomic E-state index is 0.102. The number of hydrogen-bond acceptors (Lipinski definition) is 4. The molecule has 2 bridgehead atoms. The molecule has 3 atom stereocenters. The van der Waals surface area contributed by atoms with Crippen molar-refractivity contribution in [3.63, 3.8) is 0 Å². The van der Waals surface area contributed by atoms with Crippen LogP contribution in [-0.4, -0.2) is 34.7 Å². The summed E-state index contributed by atoms with van der Waals surface area (Å²) in [5, 5.41) is 6.87. The summed E-state index contributed by atoms with van der Waals surface area (Å²) < 4.78 is 7.22. The zero-order chi connectivity index (χ0) is 18.8. The third-order valence-corrected chi connectivity index (χ3v) is 5.92. The van der Waals surface area contributed by atoms with E-state index in [1.165, 1.54) is 12.8 Å². The monoisotopic (exact) mass is 368 g/mol. The first-order valence-corrected chi connectivity index (χ1v) is 9.79. The van der Waals surface area contributed by atoms with E-state index in [0.29, 0.717) is 24.4 Å². The summed E-state index contributed by atoms with van der Waals surface area (Å²) in [6.07, 6.45) is 8.99. The Kier molecular flexibility index (Phi) is 5.16. The van der Waals surface area contributed by atoms with Crippen LogP contribution in [-0.2, 0) is 11.8 Å². The van der Waals surface area contributed by atoms with Crippen molar-refractivity contribution in [2.24, 2.45) is 13.0 Å². The van der Waals surface area contributed by atoms with Crippen molar-refractivity contribution in [1.82, 2.24) is 20.2 Å². The van der Waals surface area contributed by atoms with Crippen molar-refractivity contribution < 1.29 is 9.53 Å². The van der Waals surface area contributed by atoms with E-state index in [1.54, 1.807) is 13.3 Å². The SMILES string of the molecule is COc1ccc(C(NC(=O)CC2CC3CCC(C2)N3)c2nccn2C)cc1. The number of imidazole rings is 1. The first-order valence-electron chi connectivity index (χ1n) is 9.79. The minimum Gasteiger partial charge on any atom is -0.497 e. The molecule has 6 heteroatoms. The van der Waals surface area contributed by atoms with Gasteiger partial charge in [0.25, 0.3) is 0 Å². The topological polar surface area (TPSA) is 68.2 Å². The number of methoxy groups -OCH3 is 1. The molecule has 2 aliphatic heterocycles. The van der Waals surface area contributed by atoms with Crippen LogP contribution < -0.4 is 15.4 Å². The number of amides is 1. The molecule has 3 heterocycles. The van der Waals surface area contributed by atoms with Gasteiger partial charge in [0.1, 0.15) is 17.6 Å². The number of piperidine rings is 1. The van der Waals surface area contributed by atoms with E-state index < -0.39 is 0 Å². The number of benzene rings is 1. The molecular weight excluding hydrogens is 340 g/mol. The summed E-state index contributed by atoms with van der Waals surface area (Å²) in [5.41, 5.74) is 1.00. The molecule has 0 spiro atoms. The summed E-state index contributed by atoms with van der Waals surface area (Å²) in [4.78, 5) is 17.3. The fourth-order valence-corrected chi connectivity index (χ4v) is 4.57. The van der Waals surface area contributed by atoms with Gasteiger partial charge < -0.3 is 19.9 Å². The Morgan fingerprint density at radius 3 is 2.59 bits per heavy atom. The van der Waals surface area contributed by atoms with Gasteiger partial charge in [0.05, 0.1) is 7.11 Å². The maximum absolute atomic E-state index is 12.9. The minimum atomic E-state index is -0.262. The zero-order valence-corrected chi connectivity index (χ0v) is 16.0. The Bertz CT molecular complexity index is 774. The van der Waals surface area contributed by atoms with Gasteiger partial charge in [-0.3, -0.25) is 4.79 Å². The van der Waals surface area contributed by atoms with Gasteiger partial charge in [0, 0.05) is 37.9 Å². The number of aryl methyl sites for hydroxylation is 1. The van der Waals surface area contributed by atoms with E-state index in [0.717, 1.165) is 30.0 Å². The molecule has 2 aliphatic rings. The van der Waals surface area contributed by atoms with Crippen LogP contribution in [0.25, 0.3) is 0 Å². The van der Waals surface area contributed by atoms with Crippen LogP contribution >= 0.6 is 0 Å². The first kappa shape index (κ1) is 18.0. The molecule has 3 unspecified atom stereocenters. The lowest BCUT2D eigenvalue weighted by atomic mass is 9.89. The number of carbonyl (C=O) groups is 1. The smallest absolute Gasteiger partial charge is 0.221 e. The van der Waals surface area contributed by atoms with Gasteiger partial charge in [-0.05, 0) is 49.3 Å². The highest BCUT2D eigenvalue weighted by Gasteiger charge is 2.34. The number of ether oxygens (including phenoxy) is 1. The van der Waals surface area contributed by atoms with E-state index in [1.807, 2.05) is 42.1 Å². The maximum atomic E-state index is 12.9. The molecule has 0 saturated carbocycles. The van der Waals surface area contributed by atoms with Crippen molar-refractivity contribution >= 4 is 5.91 Å². The summed E-state index contributed by atoms with van der Waals surface area (Å²) in [6.45, 7) is 0. The highest BCUT2D eigenvalue weighted by molar-refractivity contribution is 5.77. The third-order valence-electron chi connectivity index (χ3n) is 5.92. The van der Waals surface area contributed by atoms with E-state index in [2.05, 4.69) is 15.6 Å². The molecule has 1 aromatic carbocycles. The molecule has 2 saturated heterocycles. The second-order valence-electron chi connectivity index (χ2n) is 7.85. The van der Waals surface area contributed by atoms with Crippen molar-refractivity contribution in [2.75, 3.05) is 7.11 Å². The second-order valence-corrected chi connectivity index (χ2v) is 7.85. The lowest BCUT2D eigenvalue weighted by Gasteiger charge is -2.29. The molecule has 0 aliphatic carbocycles. The Hall–Kier alpha value is -2.34. The summed E-state index contributed by atoms with van der Waals surface area (Å²) >= 11 is 0. The number of hydrogen-bond donors (Lipinski definition) is 2. The number of carbonyl (C=O) groups excluding carboxylic acids is 1. The average molecular weight is 368 g/mol. The van der Waals surface area contributed by atoms with Gasteiger partial charge in [0.15, 0.2) is 0 Å². The molecule has 4 rings (SSSR count). The third kappa shape index (κ3) is 4.00. The molecule has 2 N–H and O–H groups in total. The molecule has 6 nitrogen and oxygen atoms in total. The molecule has 0 radical (unpaired) electrons. The Labute approximate surface area is 160 Å². The van der Waals surface area contributed by atoms with Crippen LogP contribution in [0.2, 0.25) is 0 Å². The van der Waals surface area contributed by atoms with Crippen LogP contribution in [0.4, 0.5) is 0 Å². The largest absolute Gasteiger partial charge is 0.497 e. The van der Waals surface area contributed by atoms with Gasteiger partial charge >= 0.3 is 0 Å². The number of aromatic nitrogens is 2. The molecule has 2 fully saturated rings. The van der Waals surface area contributed by atoms with Gasteiger partial charge in [-0.15, -0.1) is 0 Å². The average Bonchev–Trinajstić information content (AvgIpc) is 3.24. The molecule has 2 aromatic rings. The molecule has 144 valence electrons. The van der Waals surface area contributed by atoms with E-state index in [9.17, 15) is 4.79 Å². The van der Waals surface area contributed by atoms with E-state index in [-0.39, 0.29) is 11.9 Å². The highest BCUT2D eigenvalue weighted by atomic mass is 16.5. The molecule has 1 amide bonds. The molecular formula is C21H28N4O2. The van der Waals surface area contributed by atoms with Crippen LogP contribution in [0.3, 0.4) is 0 Å². The van der Waals surface area contributed by atoms with Gasteiger partial charge in [-0.1, -0.05) is 12.1 Å². The van der Waals surface area contributed by atoms with Crippen molar-refractivity contribution in [1.29, 1.82) is 0 Å². The lowest BCUT2D eigenvalue weighted by molar-refractivity contribution is -0.122. The first-order chi connectivity index (χ1) is 13.1. The van der Waals surface area contributed by atoms with Gasteiger partial charge in [-0.2, -0.15) is 0 Å². The van der Waals surface area contributed by atoms with E-state index >= 15 is 0 Å². The van der Waals surface area contributed by atoms with Gasteiger partial charge in [-0.25, -0.2) is 4.98 Å². The van der Waals surface area contributed by atoms with Crippen LogP contribution in [0, 0.1) is 5.92 Å². The van der Waals surface area contributed by atoms with Crippen LogP contribution in [0.5, 0.6) is 5.75 Å². The Morgan fingerprint density at radius 2 is 2.00 bits per heavy atom. The lowest BCUT2D eigenvalue weighted by Crippen LogP contribution is -2.40. The van der Waals surface area contributed by atoms with Gasteiger partial charge in [0.2, 0.25) is 5.91 Å². The number of nitrogens with one attached hydrogen (secondary N) is 2. The summed E-state index contributed by atoms with van der Waals surface area (Å²) in [7, 11) is 3.61. The zero-order valence-electron chi connectivity index (χ0n) is 16.0. The summed E-state index contributed by atoms with van der Waals surface area (Å²) in [5.74, 6) is 2.21. The normalized spacial score (nSPS) is 25.2. The highest BCUT2D eigenvalue weighted by Crippen LogP contribution is 2.33. The number of fused-ring (bicyclic) bond motifs is 2. The van der Waals surface area contributed by atoms with Crippen molar-refractivity contribution in [2.45, 2.75) is 50.2 Å². The molecule has 1 aromatic heterocycles. The second kappa shape index (κ2) is 7.72. The van der Waals surface area contributed by atoms with E-state index in [4.69, 9.17) is 4.74 Å². The Morgan fingerprint density at radius 1 is 1.30 bits per heavy atom.